The molecule has 0 aromatic carbocycles. The van der Waals surface area contributed by atoms with Crippen LogP contribution in [0.15, 0.2) is 0 Å². The van der Waals surface area contributed by atoms with Crippen molar-refractivity contribution < 1.29 is 21.6 Å². The van der Waals surface area contributed by atoms with E-state index in [0.717, 1.165) is 0 Å². The summed E-state index contributed by atoms with van der Waals surface area (Å²) in [7, 11) is -0.342. The third-order valence-electron chi connectivity index (χ3n) is 2.30. The molecule has 0 aliphatic carbocycles. The van der Waals surface area contributed by atoms with E-state index in [9.17, 15) is 8.42 Å². The molecule has 5 nitrogen and oxygen atoms in total. The van der Waals surface area contributed by atoms with Crippen LogP contribution < -0.4 is 0 Å². The molecule has 0 heterocycles. The molecule has 0 aromatic rings. The smallest absolute Gasteiger partial charge is 0.325 e. The standard InChI is InChI=1S/C7H17NO4S/c1-7(2)8(3,4)5-6-12-13(9,10)11/h7H,5-6H2,1-4H3/p+1. The highest BCUT2D eigenvalue weighted by Crippen LogP contribution is 2.04. The van der Waals surface area contributed by atoms with E-state index >= 15 is 0 Å². The Morgan fingerprint density at radius 3 is 2.15 bits per heavy atom. The predicted octanol–water partition coefficient (Wildman–Crippen LogP) is 0.291. The Morgan fingerprint density at radius 2 is 1.85 bits per heavy atom. The topological polar surface area (TPSA) is 63.6 Å². The van der Waals surface area contributed by atoms with Gasteiger partial charge in [0.1, 0.15) is 13.2 Å². The predicted molar refractivity (Wildman–Crippen MR) is 49.6 cm³/mol. The summed E-state index contributed by atoms with van der Waals surface area (Å²) in [5.41, 5.74) is 0. The molecule has 80 valence electrons. The average molecular weight is 212 g/mol. The molecule has 0 unspecified atom stereocenters. The Kier molecular flexibility index (Phi) is 4.31. The number of quaternary nitrogens is 1. The van der Waals surface area contributed by atoms with Crippen molar-refractivity contribution in [3.63, 3.8) is 0 Å². The van der Waals surface area contributed by atoms with Gasteiger partial charge in [-0.15, -0.1) is 0 Å². The third-order valence-corrected chi connectivity index (χ3v) is 2.76. The summed E-state index contributed by atoms with van der Waals surface area (Å²) < 4.78 is 33.6. The van der Waals surface area contributed by atoms with Crippen molar-refractivity contribution >= 4 is 10.4 Å². The Labute approximate surface area is 79.8 Å². The summed E-state index contributed by atoms with van der Waals surface area (Å²) in [6, 6.07) is 0.380. The molecule has 0 saturated carbocycles. The Hall–Kier alpha value is -0.170. The molecule has 6 heteroatoms. The van der Waals surface area contributed by atoms with E-state index in [2.05, 4.69) is 4.18 Å². The van der Waals surface area contributed by atoms with Crippen molar-refractivity contribution in [3.05, 3.63) is 0 Å². The normalized spacial score (nSPS) is 13.7. The summed E-state index contributed by atoms with van der Waals surface area (Å²) in [5, 5.41) is 0. The molecule has 13 heavy (non-hydrogen) atoms. The highest BCUT2D eigenvalue weighted by atomic mass is 32.3. The molecule has 0 spiro atoms. The lowest BCUT2D eigenvalue weighted by molar-refractivity contribution is -0.911. The van der Waals surface area contributed by atoms with Crippen LogP contribution in [0.5, 0.6) is 0 Å². The molecule has 0 aliphatic rings. The Balaban J connectivity index is 3.90. The van der Waals surface area contributed by atoms with Crippen LogP contribution in [-0.4, -0.2) is 50.7 Å². The van der Waals surface area contributed by atoms with Crippen molar-refractivity contribution in [1.29, 1.82) is 0 Å². The van der Waals surface area contributed by atoms with Gasteiger partial charge in [-0.25, -0.2) is 4.18 Å². The minimum absolute atomic E-state index is 0.00398. The fourth-order valence-corrected chi connectivity index (χ4v) is 0.921. The fraction of sp³-hybridized carbons (Fsp3) is 1.00. The molecule has 0 aliphatic heterocycles. The first kappa shape index (κ1) is 12.8. The Bertz CT molecular complexity index is 245. The molecule has 0 radical (unpaired) electrons. The van der Waals surface area contributed by atoms with Crippen LogP contribution in [0.3, 0.4) is 0 Å². The monoisotopic (exact) mass is 212 g/mol. The molecule has 0 atom stereocenters. The van der Waals surface area contributed by atoms with Gasteiger partial charge in [-0.2, -0.15) is 8.42 Å². The van der Waals surface area contributed by atoms with E-state index in [1.807, 2.05) is 27.9 Å². The van der Waals surface area contributed by atoms with E-state index in [0.29, 0.717) is 17.1 Å². The van der Waals surface area contributed by atoms with Gasteiger partial charge in [0.15, 0.2) is 0 Å². The van der Waals surface area contributed by atoms with E-state index in [-0.39, 0.29) is 6.61 Å². The molecule has 0 saturated heterocycles. The summed E-state index contributed by atoms with van der Waals surface area (Å²) in [6.07, 6.45) is 0. The van der Waals surface area contributed by atoms with Crippen LogP contribution >= 0.6 is 0 Å². The number of rotatable bonds is 5. The summed E-state index contributed by atoms with van der Waals surface area (Å²) in [6.45, 7) is 4.61. The van der Waals surface area contributed by atoms with Gasteiger partial charge >= 0.3 is 10.4 Å². The van der Waals surface area contributed by atoms with Gasteiger partial charge in [0.25, 0.3) is 0 Å². The lowest BCUT2D eigenvalue weighted by Crippen LogP contribution is -2.47. The SMILES string of the molecule is CC(C)[N+](C)(C)CCOS(=O)(=O)O. The molecular formula is C7H18NO4S+. The van der Waals surface area contributed by atoms with Gasteiger partial charge in [0.05, 0.1) is 20.1 Å². The second-order valence-corrected chi connectivity index (χ2v) is 4.94. The van der Waals surface area contributed by atoms with Crippen molar-refractivity contribution in [2.75, 3.05) is 27.2 Å². The minimum atomic E-state index is -4.28. The van der Waals surface area contributed by atoms with Gasteiger partial charge in [-0.3, -0.25) is 4.55 Å². The lowest BCUT2D eigenvalue weighted by atomic mass is 10.3. The van der Waals surface area contributed by atoms with Crippen LogP contribution in [0.1, 0.15) is 13.8 Å². The molecule has 0 rings (SSSR count). The van der Waals surface area contributed by atoms with E-state index < -0.39 is 10.4 Å². The third kappa shape index (κ3) is 5.98. The van der Waals surface area contributed by atoms with Gasteiger partial charge in [-0.05, 0) is 13.8 Å². The highest BCUT2D eigenvalue weighted by Gasteiger charge is 2.20. The zero-order chi connectivity index (χ0) is 10.7. The number of hydrogen-bond donors (Lipinski definition) is 1. The minimum Gasteiger partial charge on any atom is -0.325 e. The van der Waals surface area contributed by atoms with E-state index in [4.69, 9.17) is 4.55 Å². The van der Waals surface area contributed by atoms with Crippen LogP contribution in [-0.2, 0) is 14.6 Å². The Morgan fingerprint density at radius 1 is 1.38 bits per heavy atom. The van der Waals surface area contributed by atoms with Gasteiger partial charge in [0, 0.05) is 0 Å². The first-order valence-corrected chi connectivity index (χ1v) is 5.46. The first-order chi connectivity index (χ1) is 5.65. The number of nitrogens with zero attached hydrogens (tertiary/aromatic N) is 1. The second-order valence-electron chi connectivity index (χ2n) is 3.85. The summed E-state index contributed by atoms with van der Waals surface area (Å²) in [4.78, 5) is 0. The van der Waals surface area contributed by atoms with E-state index in [1.54, 1.807) is 0 Å². The molecule has 1 N–H and O–H groups in total. The maximum absolute atomic E-state index is 10.2. The molecule has 0 aromatic heterocycles. The van der Waals surface area contributed by atoms with Crippen LogP contribution in [0.4, 0.5) is 0 Å². The summed E-state index contributed by atoms with van der Waals surface area (Å²) in [5.74, 6) is 0. The second kappa shape index (κ2) is 4.36. The largest absolute Gasteiger partial charge is 0.397 e. The van der Waals surface area contributed by atoms with Crippen LogP contribution in [0, 0.1) is 0 Å². The van der Waals surface area contributed by atoms with Crippen molar-refractivity contribution in [1.82, 2.24) is 0 Å². The van der Waals surface area contributed by atoms with Gasteiger partial charge in [0.2, 0.25) is 0 Å². The van der Waals surface area contributed by atoms with Gasteiger partial charge < -0.3 is 4.48 Å². The number of hydrogen-bond acceptors (Lipinski definition) is 3. The first-order valence-electron chi connectivity index (χ1n) is 4.09. The zero-order valence-corrected chi connectivity index (χ0v) is 9.34. The van der Waals surface area contributed by atoms with Crippen molar-refractivity contribution in [2.24, 2.45) is 0 Å². The van der Waals surface area contributed by atoms with Crippen molar-refractivity contribution in [2.45, 2.75) is 19.9 Å². The number of likely N-dealkylation sites (N-methyl/N-ethyl adjacent to an activating group) is 1. The van der Waals surface area contributed by atoms with Crippen molar-refractivity contribution in [3.8, 4) is 0 Å². The molecular weight excluding hydrogens is 194 g/mol. The van der Waals surface area contributed by atoms with E-state index in [1.165, 1.54) is 0 Å². The maximum Gasteiger partial charge on any atom is 0.397 e. The summed E-state index contributed by atoms with van der Waals surface area (Å²) >= 11 is 0. The quantitative estimate of drug-likeness (QED) is 0.525. The van der Waals surface area contributed by atoms with Crippen LogP contribution in [0.2, 0.25) is 0 Å². The molecule has 0 bridgehead atoms. The molecule has 0 fully saturated rings. The molecule has 0 amide bonds. The maximum atomic E-state index is 10.2. The average Bonchev–Trinajstić information content (AvgIpc) is 1.82. The lowest BCUT2D eigenvalue weighted by Gasteiger charge is -2.33. The zero-order valence-electron chi connectivity index (χ0n) is 8.52. The van der Waals surface area contributed by atoms with Crippen LogP contribution in [0.25, 0.3) is 0 Å². The fourth-order valence-electron chi connectivity index (χ4n) is 0.636. The van der Waals surface area contributed by atoms with Gasteiger partial charge in [-0.1, -0.05) is 0 Å². The highest BCUT2D eigenvalue weighted by molar-refractivity contribution is 7.80.